The smallest absolute Gasteiger partial charge is 0.231 e. The zero-order valence-electron chi connectivity index (χ0n) is 18.0. The van der Waals surface area contributed by atoms with E-state index in [2.05, 4.69) is 16.0 Å². The van der Waals surface area contributed by atoms with E-state index in [-0.39, 0.29) is 17.9 Å². The number of hydrogen-bond acceptors (Lipinski definition) is 7. The quantitative estimate of drug-likeness (QED) is 0.731. The highest BCUT2D eigenvalue weighted by Gasteiger charge is 2.29. The summed E-state index contributed by atoms with van der Waals surface area (Å²) in [6.07, 6.45) is 2.46. The standard InChI is InChI=1S/C23H26N4O4/c1-15(2)23(28)26-7-6-19(14-26)31-18-4-5-21-20(11-18)27(8-9-30-21)17-10-16(12-24)22(29-3)25-13-17/h4-5,10-11,13,15,19H,6-9,14H2,1-3H3. The van der Waals surface area contributed by atoms with E-state index in [9.17, 15) is 10.1 Å². The van der Waals surface area contributed by atoms with Gasteiger partial charge in [0, 0.05) is 24.9 Å². The molecule has 1 aromatic carbocycles. The highest BCUT2D eigenvalue weighted by molar-refractivity contribution is 5.78. The number of anilines is 2. The molecular formula is C23H26N4O4. The van der Waals surface area contributed by atoms with E-state index in [1.165, 1.54) is 7.11 Å². The van der Waals surface area contributed by atoms with Crippen molar-refractivity contribution in [2.75, 3.05) is 38.3 Å². The van der Waals surface area contributed by atoms with Gasteiger partial charge in [-0.05, 0) is 18.2 Å². The third kappa shape index (κ3) is 4.22. The van der Waals surface area contributed by atoms with Gasteiger partial charge in [0.15, 0.2) is 0 Å². The number of aromatic nitrogens is 1. The van der Waals surface area contributed by atoms with E-state index in [1.807, 2.05) is 36.9 Å². The van der Waals surface area contributed by atoms with Crippen LogP contribution in [0.5, 0.6) is 17.4 Å². The van der Waals surface area contributed by atoms with Crippen LogP contribution in [0.2, 0.25) is 0 Å². The second-order valence-electron chi connectivity index (χ2n) is 7.96. The Labute approximate surface area is 181 Å². The summed E-state index contributed by atoms with van der Waals surface area (Å²) in [6.45, 7) is 6.30. The number of hydrogen-bond donors (Lipinski definition) is 0. The molecule has 8 heteroatoms. The molecule has 1 aromatic heterocycles. The van der Waals surface area contributed by atoms with Gasteiger partial charge < -0.3 is 24.0 Å². The molecule has 162 valence electrons. The third-order valence-electron chi connectivity index (χ3n) is 5.51. The number of ether oxygens (including phenoxy) is 3. The van der Waals surface area contributed by atoms with Crippen LogP contribution in [-0.2, 0) is 4.79 Å². The molecule has 3 heterocycles. The lowest BCUT2D eigenvalue weighted by molar-refractivity contribution is -0.133. The normalized spacial score (nSPS) is 17.7. The monoisotopic (exact) mass is 422 g/mol. The van der Waals surface area contributed by atoms with Crippen molar-refractivity contribution in [1.29, 1.82) is 5.26 Å². The average Bonchev–Trinajstić information content (AvgIpc) is 3.25. The number of nitrogens with zero attached hydrogens (tertiary/aromatic N) is 4. The summed E-state index contributed by atoms with van der Waals surface area (Å²) >= 11 is 0. The van der Waals surface area contributed by atoms with Gasteiger partial charge in [-0.15, -0.1) is 0 Å². The molecule has 2 aliphatic heterocycles. The zero-order valence-corrected chi connectivity index (χ0v) is 18.0. The first kappa shape index (κ1) is 20.8. The molecule has 2 aliphatic rings. The van der Waals surface area contributed by atoms with E-state index in [1.54, 1.807) is 12.3 Å². The average molecular weight is 422 g/mol. The molecule has 0 aliphatic carbocycles. The Morgan fingerprint density at radius 3 is 2.90 bits per heavy atom. The lowest BCUT2D eigenvalue weighted by atomic mass is 10.2. The predicted molar refractivity (Wildman–Crippen MR) is 115 cm³/mol. The predicted octanol–water partition coefficient (Wildman–Crippen LogP) is 3.13. The minimum Gasteiger partial charge on any atom is -0.490 e. The summed E-state index contributed by atoms with van der Waals surface area (Å²) in [5.41, 5.74) is 2.02. The van der Waals surface area contributed by atoms with E-state index in [4.69, 9.17) is 14.2 Å². The second-order valence-corrected chi connectivity index (χ2v) is 7.96. The van der Waals surface area contributed by atoms with Gasteiger partial charge in [-0.25, -0.2) is 4.98 Å². The molecule has 31 heavy (non-hydrogen) atoms. The van der Waals surface area contributed by atoms with Crippen molar-refractivity contribution in [3.8, 4) is 23.4 Å². The highest BCUT2D eigenvalue weighted by atomic mass is 16.5. The van der Waals surface area contributed by atoms with Gasteiger partial charge in [0.2, 0.25) is 11.8 Å². The van der Waals surface area contributed by atoms with Gasteiger partial charge in [0.1, 0.15) is 35.8 Å². The SMILES string of the molecule is COc1ncc(N2CCOc3ccc(OC4CCN(C(=O)C(C)C)C4)cc32)cc1C#N. The Hall–Kier alpha value is -3.47. The van der Waals surface area contributed by atoms with Crippen molar-refractivity contribution in [2.45, 2.75) is 26.4 Å². The van der Waals surface area contributed by atoms with Crippen molar-refractivity contribution < 1.29 is 19.0 Å². The van der Waals surface area contributed by atoms with Crippen LogP contribution < -0.4 is 19.1 Å². The fourth-order valence-electron chi connectivity index (χ4n) is 3.95. The number of likely N-dealkylation sites (tertiary alicyclic amines) is 1. The van der Waals surface area contributed by atoms with Crippen LogP contribution in [0.1, 0.15) is 25.8 Å². The number of pyridine rings is 1. The molecule has 2 aromatic rings. The number of amides is 1. The molecule has 1 fully saturated rings. The second kappa shape index (κ2) is 8.72. The van der Waals surface area contributed by atoms with Crippen LogP contribution >= 0.6 is 0 Å². The molecule has 1 unspecified atom stereocenters. The summed E-state index contributed by atoms with van der Waals surface area (Å²) in [5.74, 6) is 1.93. The molecule has 1 saturated heterocycles. The van der Waals surface area contributed by atoms with Crippen LogP contribution in [-0.4, -0.2) is 55.2 Å². The molecule has 0 bridgehead atoms. The van der Waals surface area contributed by atoms with Gasteiger partial charge in [-0.1, -0.05) is 13.8 Å². The number of nitriles is 1. The lowest BCUT2D eigenvalue weighted by Crippen LogP contribution is -2.33. The lowest BCUT2D eigenvalue weighted by Gasteiger charge is -2.31. The maximum absolute atomic E-state index is 12.2. The van der Waals surface area contributed by atoms with Crippen molar-refractivity contribution in [2.24, 2.45) is 5.92 Å². The molecule has 0 saturated carbocycles. The number of fused-ring (bicyclic) bond motifs is 1. The van der Waals surface area contributed by atoms with E-state index < -0.39 is 0 Å². The minimum atomic E-state index is -0.0356. The molecule has 0 N–H and O–H groups in total. The molecule has 4 rings (SSSR count). The molecule has 0 radical (unpaired) electrons. The largest absolute Gasteiger partial charge is 0.490 e. The van der Waals surface area contributed by atoms with Crippen LogP contribution in [0.3, 0.4) is 0 Å². The fourth-order valence-corrected chi connectivity index (χ4v) is 3.95. The van der Waals surface area contributed by atoms with Crippen LogP contribution in [0, 0.1) is 17.2 Å². The van der Waals surface area contributed by atoms with Gasteiger partial charge in [0.05, 0.1) is 37.8 Å². The summed E-state index contributed by atoms with van der Waals surface area (Å²) in [5, 5.41) is 9.40. The summed E-state index contributed by atoms with van der Waals surface area (Å²) in [6, 6.07) is 9.62. The Balaban J connectivity index is 1.55. The first-order valence-electron chi connectivity index (χ1n) is 10.4. The van der Waals surface area contributed by atoms with Gasteiger partial charge >= 0.3 is 0 Å². The van der Waals surface area contributed by atoms with Gasteiger partial charge in [-0.2, -0.15) is 5.26 Å². The fraction of sp³-hybridized carbons (Fsp3) is 0.435. The first-order chi connectivity index (χ1) is 15.0. The number of methoxy groups -OCH3 is 1. The van der Waals surface area contributed by atoms with Crippen molar-refractivity contribution in [3.63, 3.8) is 0 Å². The van der Waals surface area contributed by atoms with Crippen molar-refractivity contribution in [3.05, 3.63) is 36.0 Å². The molecule has 0 spiro atoms. The van der Waals surface area contributed by atoms with Crippen molar-refractivity contribution in [1.82, 2.24) is 9.88 Å². The van der Waals surface area contributed by atoms with E-state index in [0.29, 0.717) is 31.1 Å². The van der Waals surface area contributed by atoms with Gasteiger partial charge in [-0.3, -0.25) is 4.79 Å². The van der Waals surface area contributed by atoms with Gasteiger partial charge in [0.25, 0.3) is 0 Å². The Morgan fingerprint density at radius 1 is 1.32 bits per heavy atom. The van der Waals surface area contributed by atoms with E-state index >= 15 is 0 Å². The summed E-state index contributed by atoms with van der Waals surface area (Å²) < 4.78 is 17.2. The van der Waals surface area contributed by atoms with Crippen molar-refractivity contribution >= 4 is 17.3 Å². The molecular weight excluding hydrogens is 396 g/mol. The number of carbonyl (C=O) groups is 1. The van der Waals surface area contributed by atoms with Crippen LogP contribution in [0.15, 0.2) is 30.5 Å². The number of benzene rings is 1. The minimum absolute atomic E-state index is 0.00962. The Kier molecular flexibility index (Phi) is 5.85. The van der Waals surface area contributed by atoms with Crippen LogP contribution in [0.4, 0.5) is 11.4 Å². The number of rotatable bonds is 5. The highest BCUT2D eigenvalue weighted by Crippen LogP contribution is 2.40. The summed E-state index contributed by atoms with van der Waals surface area (Å²) in [7, 11) is 1.50. The van der Waals surface area contributed by atoms with Crippen LogP contribution in [0.25, 0.3) is 0 Å². The molecule has 1 atom stereocenters. The Morgan fingerprint density at radius 2 is 2.16 bits per heavy atom. The maximum atomic E-state index is 12.2. The third-order valence-corrected chi connectivity index (χ3v) is 5.51. The zero-order chi connectivity index (χ0) is 22.0. The van der Waals surface area contributed by atoms with E-state index in [0.717, 1.165) is 35.8 Å². The molecule has 8 nitrogen and oxygen atoms in total. The topological polar surface area (TPSA) is 87.9 Å². The Bertz CT molecular complexity index is 1020. The number of carbonyl (C=O) groups excluding carboxylic acids is 1. The molecule has 1 amide bonds. The summed E-state index contributed by atoms with van der Waals surface area (Å²) in [4.78, 5) is 20.4. The maximum Gasteiger partial charge on any atom is 0.231 e. The first-order valence-corrected chi connectivity index (χ1v) is 10.4.